The minimum absolute atomic E-state index is 0.0708. The fourth-order valence-electron chi connectivity index (χ4n) is 3.05. The van der Waals surface area contributed by atoms with E-state index in [0.717, 1.165) is 31.5 Å². The van der Waals surface area contributed by atoms with Crippen LogP contribution < -0.4 is 10.0 Å². The van der Waals surface area contributed by atoms with Gasteiger partial charge in [0.15, 0.2) is 0 Å². The highest BCUT2D eigenvalue weighted by atomic mass is 32.2. The predicted molar refractivity (Wildman–Crippen MR) is 84.6 cm³/mol. The van der Waals surface area contributed by atoms with Crippen molar-refractivity contribution in [2.45, 2.75) is 63.6 Å². The molecule has 1 saturated carbocycles. The molecule has 2 N–H and O–H groups in total. The van der Waals surface area contributed by atoms with Gasteiger partial charge in [0.2, 0.25) is 10.0 Å². The van der Waals surface area contributed by atoms with Crippen molar-refractivity contribution in [3.05, 3.63) is 18.0 Å². The van der Waals surface area contributed by atoms with Gasteiger partial charge in [-0.2, -0.15) is 0 Å². The third-order valence-electron chi connectivity index (χ3n) is 4.39. The lowest BCUT2D eigenvalue weighted by Gasteiger charge is -2.29. The van der Waals surface area contributed by atoms with Crippen LogP contribution in [0.5, 0.6) is 0 Å². The van der Waals surface area contributed by atoms with E-state index >= 15 is 0 Å². The lowest BCUT2D eigenvalue weighted by molar-refractivity contribution is 0.310. The molecule has 1 aromatic heterocycles. The molecule has 2 unspecified atom stereocenters. The lowest BCUT2D eigenvalue weighted by atomic mass is 9.87. The van der Waals surface area contributed by atoms with Crippen molar-refractivity contribution in [2.75, 3.05) is 7.05 Å². The van der Waals surface area contributed by atoms with Crippen LogP contribution >= 0.6 is 0 Å². The second-order valence-electron chi connectivity index (χ2n) is 5.97. The standard InChI is InChI=1S/C15H27N3O2S/c1-4-18-11-14(9-13(18)10-16-3)21(19,20)17-15-8-6-5-7-12(15)2/h9,11-12,15-17H,4-8,10H2,1-3H3. The van der Waals surface area contributed by atoms with Gasteiger partial charge in [0.1, 0.15) is 0 Å². The highest BCUT2D eigenvalue weighted by Gasteiger charge is 2.27. The highest BCUT2D eigenvalue weighted by Crippen LogP contribution is 2.25. The molecule has 0 radical (unpaired) electrons. The minimum Gasteiger partial charge on any atom is -0.349 e. The summed E-state index contributed by atoms with van der Waals surface area (Å²) in [5, 5.41) is 3.08. The van der Waals surface area contributed by atoms with Crippen molar-refractivity contribution < 1.29 is 8.42 Å². The maximum Gasteiger partial charge on any atom is 0.242 e. The van der Waals surface area contributed by atoms with Crippen LogP contribution in [-0.4, -0.2) is 26.1 Å². The largest absolute Gasteiger partial charge is 0.349 e. The number of nitrogens with one attached hydrogen (secondary N) is 2. The predicted octanol–water partition coefficient (Wildman–Crippen LogP) is 2.08. The molecule has 0 aromatic carbocycles. The Morgan fingerprint density at radius 1 is 1.33 bits per heavy atom. The number of hydrogen-bond donors (Lipinski definition) is 2. The first-order valence-corrected chi connectivity index (χ1v) is 9.32. The summed E-state index contributed by atoms with van der Waals surface area (Å²) in [4.78, 5) is 0.382. The molecule has 0 amide bonds. The number of hydrogen-bond acceptors (Lipinski definition) is 3. The molecule has 1 heterocycles. The van der Waals surface area contributed by atoms with Crippen LogP contribution in [0.4, 0.5) is 0 Å². The van der Waals surface area contributed by atoms with E-state index in [2.05, 4.69) is 17.0 Å². The summed E-state index contributed by atoms with van der Waals surface area (Å²) in [6.45, 7) is 5.59. The van der Waals surface area contributed by atoms with E-state index in [4.69, 9.17) is 0 Å². The van der Waals surface area contributed by atoms with E-state index < -0.39 is 10.0 Å². The van der Waals surface area contributed by atoms with Crippen molar-refractivity contribution in [2.24, 2.45) is 5.92 Å². The Balaban J connectivity index is 2.18. The van der Waals surface area contributed by atoms with Crippen molar-refractivity contribution in [1.29, 1.82) is 0 Å². The Hall–Kier alpha value is -0.850. The molecule has 120 valence electrons. The second-order valence-corrected chi connectivity index (χ2v) is 7.69. The molecule has 1 aliphatic rings. The topological polar surface area (TPSA) is 63.1 Å². The first-order valence-electron chi connectivity index (χ1n) is 7.84. The van der Waals surface area contributed by atoms with Gasteiger partial charge in [0, 0.05) is 31.0 Å². The summed E-state index contributed by atoms with van der Waals surface area (Å²) in [5.74, 6) is 0.415. The molecule has 2 rings (SSSR count). The van der Waals surface area contributed by atoms with E-state index in [-0.39, 0.29) is 6.04 Å². The lowest BCUT2D eigenvalue weighted by Crippen LogP contribution is -2.40. The molecule has 1 aromatic rings. The Morgan fingerprint density at radius 3 is 2.67 bits per heavy atom. The molecule has 6 heteroatoms. The molecule has 1 fully saturated rings. The molecule has 0 bridgehead atoms. The summed E-state index contributed by atoms with van der Waals surface area (Å²) >= 11 is 0. The maximum absolute atomic E-state index is 12.6. The minimum atomic E-state index is -3.42. The van der Waals surface area contributed by atoms with Gasteiger partial charge in [-0.15, -0.1) is 0 Å². The summed E-state index contributed by atoms with van der Waals surface area (Å²) in [6, 6.07) is 1.84. The first-order chi connectivity index (χ1) is 9.97. The Morgan fingerprint density at radius 2 is 2.05 bits per heavy atom. The zero-order valence-corrected chi connectivity index (χ0v) is 14.0. The summed E-state index contributed by atoms with van der Waals surface area (Å²) in [6.07, 6.45) is 6.10. The first kappa shape index (κ1) is 16.5. The van der Waals surface area contributed by atoms with E-state index in [1.807, 2.05) is 18.5 Å². The third kappa shape index (κ3) is 3.87. The Kier molecular flexibility index (Phi) is 5.46. The molecule has 0 spiro atoms. The Labute approximate surface area is 128 Å². The van der Waals surface area contributed by atoms with Gasteiger partial charge in [-0.05, 0) is 38.8 Å². The Bertz CT molecular complexity index is 565. The van der Waals surface area contributed by atoms with Crippen LogP contribution in [0.2, 0.25) is 0 Å². The normalized spacial score (nSPS) is 23.4. The summed E-state index contributed by atoms with van der Waals surface area (Å²) in [5.41, 5.74) is 0.997. The van der Waals surface area contributed by atoms with Crippen molar-refractivity contribution >= 4 is 10.0 Å². The molecule has 5 nitrogen and oxygen atoms in total. The molecule has 2 atom stereocenters. The molecular formula is C15H27N3O2S. The van der Waals surface area contributed by atoms with Crippen LogP contribution in [0, 0.1) is 5.92 Å². The number of rotatable bonds is 6. The SMILES string of the molecule is CCn1cc(S(=O)(=O)NC2CCCCC2C)cc1CNC. The fraction of sp³-hybridized carbons (Fsp3) is 0.733. The van der Waals surface area contributed by atoms with E-state index in [0.29, 0.717) is 17.4 Å². The molecule has 1 aliphatic carbocycles. The van der Waals surface area contributed by atoms with Gasteiger partial charge in [-0.1, -0.05) is 19.8 Å². The third-order valence-corrected chi connectivity index (χ3v) is 5.84. The van der Waals surface area contributed by atoms with Gasteiger partial charge >= 0.3 is 0 Å². The molecule has 0 aliphatic heterocycles. The van der Waals surface area contributed by atoms with Gasteiger partial charge in [0.05, 0.1) is 4.90 Å². The van der Waals surface area contributed by atoms with Crippen LogP contribution in [0.15, 0.2) is 17.2 Å². The fourth-order valence-corrected chi connectivity index (χ4v) is 4.50. The number of nitrogens with zero attached hydrogens (tertiary/aromatic N) is 1. The average molecular weight is 313 g/mol. The van der Waals surface area contributed by atoms with Gasteiger partial charge < -0.3 is 9.88 Å². The number of aryl methyl sites for hydroxylation is 1. The van der Waals surface area contributed by atoms with Gasteiger partial charge in [0.25, 0.3) is 0 Å². The number of sulfonamides is 1. The summed E-state index contributed by atoms with van der Waals surface area (Å²) in [7, 11) is -1.56. The summed E-state index contributed by atoms with van der Waals surface area (Å²) < 4.78 is 30.1. The van der Waals surface area contributed by atoms with Crippen LogP contribution in [0.1, 0.15) is 45.2 Å². The van der Waals surface area contributed by atoms with Crippen molar-refractivity contribution in [3.8, 4) is 0 Å². The molecular weight excluding hydrogens is 286 g/mol. The van der Waals surface area contributed by atoms with Gasteiger partial charge in [-0.3, -0.25) is 0 Å². The maximum atomic E-state index is 12.6. The smallest absolute Gasteiger partial charge is 0.242 e. The van der Waals surface area contributed by atoms with Crippen molar-refractivity contribution in [1.82, 2.24) is 14.6 Å². The molecule has 0 saturated heterocycles. The van der Waals surface area contributed by atoms with E-state index in [1.54, 1.807) is 12.3 Å². The van der Waals surface area contributed by atoms with Crippen LogP contribution in [0.3, 0.4) is 0 Å². The van der Waals surface area contributed by atoms with Gasteiger partial charge in [-0.25, -0.2) is 13.1 Å². The van der Waals surface area contributed by atoms with Crippen LogP contribution in [-0.2, 0) is 23.1 Å². The monoisotopic (exact) mass is 313 g/mol. The number of aromatic nitrogens is 1. The van der Waals surface area contributed by atoms with Crippen LogP contribution in [0.25, 0.3) is 0 Å². The van der Waals surface area contributed by atoms with Crippen molar-refractivity contribution in [3.63, 3.8) is 0 Å². The quantitative estimate of drug-likeness (QED) is 0.845. The zero-order chi connectivity index (χ0) is 15.5. The van der Waals surface area contributed by atoms with E-state index in [9.17, 15) is 8.42 Å². The molecule has 21 heavy (non-hydrogen) atoms. The average Bonchev–Trinajstić information content (AvgIpc) is 2.86. The zero-order valence-electron chi connectivity index (χ0n) is 13.2. The van der Waals surface area contributed by atoms with E-state index in [1.165, 1.54) is 6.42 Å². The second kappa shape index (κ2) is 6.94. The highest BCUT2D eigenvalue weighted by molar-refractivity contribution is 7.89.